The van der Waals surface area contributed by atoms with E-state index in [0.29, 0.717) is 21.8 Å². The van der Waals surface area contributed by atoms with Crippen LogP contribution in [-0.4, -0.2) is 17.6 Å². The van der Waals surface area contributed by atoms with E-state index in [9.17, 15) is 9.18 Å². The van der Waals surface area contributed by atoms with E-state index < -0.39 is 5.60 Å². The highest BCUT2D eigenvalue weighted by Crippen LogP contribution is 2.40. The second kappa shape index (κ2) is 7.39. The van der Waals surface area contributed by atoms with Gasteiger partial charge in [-0.2, -0.15) is 0 Å². The molecule has 0 N–H and O–H groups in total. The van der Waals surface area contributed by atoms with E-state index in [0.717, 1.165) is 12.0 Å². The summed E-state index contributed by atoms with van der Waals surface area (Å²) in [5.74, 6) is 0.0682. The molecular formula is C20H23FO2S. The lowest BCUT2D eigenvalue weighted by atomic mass is 9.91. The largest absolute Gasteiger partial charge is 0.478 e. The van der Waals surface area contributed by atoms with E-state index in [1.165, 1.54) is 17.8 Å². The summed E-state index contributed by atoms with van der Waals surface area (Å²) < 4.78 is 20.1. The van der Waals surface area contributed by atoms with Crippen LogP contribution >= 0.6 is 11.8 Å². The first kappa shape index (κ1) is 18.5. The molecule has 0 atom stereocenters. The molecule has 1 heterocycles. The molecule has 24 heavy (non-hydrogen) atoms. The Morgan fingerprint density at radius 3 is 2.62 bits per heavy atom. The van der Waals surface area contributed by atoms with Gasteiger partial charge in [0.05, 0.1) is 5.57 Å². The van der Waals surface area contributed by atoms with Gasteiger partial charge in [0.2, 0.25) is 5.78 Å². The maximum Gasteiger partial charge on any atom is 0.210 e. The van der Waals surface area contributed by atoms with Crippen LogP contribution in [0.1, 0.15) is 39.7 Å². The average molecular weight is 346 g/mol. The summed E-state index contributed by atoms with van der Waals surface area (Å²) in [5.41, 5.74) is 0.982. The highest BCUT2D eigenvalue weighted by atomic mass is 32.2. The van der Waals surface area contributed by atoms with E-state index in [2.05, 4.69) is 0 Å². The number of ketones is 1. The summed E-state index contributed by atoms with van der Waals surface area (Å²) in [7, 11) is 0. The number of halogens is 1. The molecular weight excluding hydrogens is 323 g/mol. The fraction of sp³-hybridized carbons (Fsp3) is 0.350. The van der Waals surface area contributed by atoms with E-state index >= 15 is 0 Å². The van der Waals surface area contributed by atoms with Crippen LogP contribution < -0.4 is 0 Å². The number of allylic oxidation sites excluding steroid dienone is 4. The average Bonchev–Trinajstić information content (AvgIpc) is 2.77. The molecule has 2 nitrogen and oxygen atoms in total. The topological polar surface area (TPSA) is 26.3 Å². The van der Waals surface area contributed by atoms with E-state index in [1.807, 2.05) is 38.3 Å². The third-order valence-electron chi connectivity index (χ3n) is 3.83. The number of ether oxygens (including phenoxy) is 1. The SMILES string of the molecule is C/C=C\C(=C/CC)C1=C(c2ccc(SC)c(F)c2)OC(C)(C)C1=O. The number of hydrogen-bond acceptors (Lipinski definition) is 3. The van der Waals surface area contributed by atoms with Crippen molar-refractivity contribution >= 4 is 23.3 Å². The Labute approximate surface area is 147 Å². The van der Waals surface area contributed by atoms with Crippen molar-refractivity contribution in [3.63, 3.8) is 0 Å². The van der Waals surface area contributed by atoms with Crippen LogP contribution in [0.15, 0.2) is 52.5 Å². The number of thioether (sulfide) groups is 1. The zero-order chi connectivity index (χ0) is 17.9. The van der Waals surface area contributed by atoms with E-state index in [1.54, 1.807) is 26.0 Å². The Morgan fingerprint density at radius 1 is 1.38 bits per heavy atom. The van der Waals surface area contributed by atoms with Crippen LogP contribution in [-0.2, 0) is 9.53 Å². The number of benzene rings is 1. The lowest BCUT2D eigenvalue weighted by Crippen LogP contribution is -2.29. The van der Waals surface area contributed by atoms with Gasteiger partial charge in [-0.05, 0) is 57.2 Å². The van der Waals surface area contributed by atoms with Crippen molar-refractivity contribution in [3.8, 4) is 0 Å². The number of hydrogen-bond donors (Lipinski definition) is 0. The Hall–Kier alpha value is -1.81. The molecule has 0 saturated carbocycles. The standard InChI is InChI=1S/C20H23FO2S/c1-6-8-13(9-7-2)17-18(23-20(3,4)19(17)22)14-10-11-16(24-5)15(21)12-14/h6,8-12H,7H2,1-5H3/b8-6-,13-9+. The van der Waals surface area contributed by atoms with Crippen molar-refractivity contribution in [2.75, 3.05) is 6.26 Å². The minimum absolute atomic E-state index is 0.0790. The van der Waals surface area contributed by atoms with Crippen LogP contribution in [0.25, 0.3) is 5.76 Å². The molecule has 0 amide bonds. The van der Waals surface area contributed by atoms with Gasteiger partial charge in [-0.1, -0.05) is 25.2 Å². The summed E-state index contributed by atoms with van der Waals surface area (Å²) in [4.78, 5) is 13.4. The van der Waals surface area contributed by atoms with Gasteiger partial charge in [-0.15, -0.1) is 11.8 Å². The van der Waals surface area contributed by atoms with Crippen molar-refractivity contribution in [1.29, 1.82) is 0 Å². The maximum absolute atomic E-state index is 14.2. The maximum atomic E-state index is 14.2. The molecule has 0 aliphatic carbocycles. The molecule has 128 valence electrons. The Kier molecular flexibility index (Phi) is 5.70. The number of carbonyl (C=O) groups excluding carboxylic acids is 1. The van der Waals surface area contributed by atoms with Gasteiger partial charge < -0.3 is 4.74 Å². The van der Waals surface area contributed by atoms with Crippen LogP contribution in [0, 0.1) is 5.82 Å². The Bertz CT molecular complexity index is 742. The molecule has 0 radical (unpaired) electrons. The molecule has 0 aromatic heterocycles. The number of carbonyl (C=O) groups is 1. The third-order valence-corrected chi connectivity index (χ3v) is 4.60. The summed E-state index contributed by atoms with van der Waals surface area (Å²) in [6.07, 6.45) is 8.40. The van der Waals surface area contributed by atoms with Crippen LogP contribution in [0.4, 0.5) is 4.39 Å². The lowest BCUT2D eigenvalue weighted by Gasteiger charge is -2.18. The minimum atomic E-state index is -0.951. The van der Waals surface area contributed by atoms with Gasteiger partial charge >= 0.3 is 0 Å². The van der Waals surface area contributed by atoms with E-state index in [4.69, 9.17) is 4.74 Å². The molecule has 0 spiro atoms. The van der Waals surface area contributed by atoms with Crippen molar-refractivity contribution in [3.05, 3.63) is 59.0 Å². The molecule has 0 unspecified atom stereocenters. The predicted molar refractivity (Wildman–Crippen MR) is 98.5 cm³/mol. The lowest BCUT2D eigenvalue weighted by molar-refractivity contribution is -0.126. The van der Waals surface area contributed by atoms with Crippen LogP contribution in [0.3, 0.4) is 0 Å². The van der Waals surface area contributed by atoms with Gasteiger partial charge in [0.25, 0.3) is 0 Å². The highest BCUT2D eigenvalue weighted by molar-refractivity contribution is 7.98. The van der Waals surface area contributed by atoms with E-state index in [-0.39, 0.29) is 11.6 Å². The fourth-order valence-corrected chi connectivity index (χ4v) is 3.14. The zero-order valence-corrected chi connectivity index (χ0v) is 15.6. The van der Waals surface area contributed by atoms with Gasteiger partial charge in [0, 0.05) is 10.5 Å². The van der Waals surface area contributed by atoms with Crippen molar-refractivity contribution in [2.45, 2.75) is 44.6 Å². The first-order valence-electron chi connectivity index (χ1n) is 8.01. The van der Waals surface area contributed by atoms with Gasteiger partial charge in [0.1, 0.15) is 11.6 Å². The summed E-state index contributed by atoms with van der Waals surface area (Å²) in [5, 5.41) is 0. The molecule has 0 saturated heterocycles. The third kappa shape index (κ3) is 3.48. The Morgan fingerprint density at radius 2 is 2.08 bits per heavy atom. The van der Waals surface area contributed by atoms with Crippen LogP contribution in [0.2, 0.25) is 0 Å². The molecule has 2 rings (SSSR count). The second-order valence-electron chi connectivity index (χ2n) is 6.06. The van der Waals surface area contributed by atoms with Crippen molar-refractivity contribution in [1.82, 2.24) is 0 Å². The number of Topliss-reactive ketones (excluding diaryl/α,β-unsaturated/α-hetero) is 1. The minimum Gasteiger partial charge on any atom is -0.478 e. The molecule has 4 heteroatoms. The molecule has 1 aliphatic rings. The zero-order valence-electron chi connectivity index (χ0n) is 14.8. The smallest absolute Gasteiger partial charge is 0.210 e. The molecule has 1 aromatic carbocycles. The summed E-state index contributed by atoms with van der Waals surface area (Å²) >= 11 is 1.35. The Balaban J connectivity index is 2.66. The molecule has 0 bridgehead atoms. The molecule has 1 aliphatic heterocycles. The van der Waals surface area contributed by atoms with Gasteiger partial charge in [-0.3, -0.25) is 4.79 Å². The van der Waals surface area contributed by atoms with Gasteiger partial charge in [-0.25, -0.2) is 4.39 Å². The highest BCUT2D eigenvalue weighted by Gasteiger charge is 2.43. The predicted octanol–water partition coefficient (Wildman–Crippen LogP) is 5.55. The summed E-state index contributed by atoms with van der Waals surface area (Å²) in [6, 6.07) is 4.96. The van der Waals surface area contributed by atoms with Gasteiger partial charge in [0.15, 0.2) is 5.60 Å². The number of rotatable bonds is 5. The monoisotopic (exact) mass is 346 g/mol. The molecule has 1 aromatic rings. The van der Waals surface area contributed by atoms with Crippen molar-refractivity contribution in [2.24, 2.45) is 0 Å². The quantitative estimate of drug-likeness (QED) is 0.516. The second-order valence-corrected chi connectivity index (χ2v) is 6.91. The van der Waals surface area contributed by atoms with Crippen molar-refractivity contribution < 1.29 is 13.9 Å². The fourth-order valence-electron chi connectivity index (χ4n) is 2.68. The first-order valence-corrected chi connectivity index (χ1v) is 9.23. The van der Waals surface area contributed by atoms with Crippen LogP contribution in [0.5, 0.6) is 0 Å². The molecule has 0 fully saturated rings. The normalized spacial score (nSPS) is 17.8. The first-order chi connectivity index (χ1) is 11.4. The summed E-state index contributed by atoms with van der Waals surface area (Å²) in [6.45, 7) is 7.41.